The lowest BCUT2D eigenvalue weighted by Gasteiger charge is -2.08. The first kappa shape index (κ1) is 14.5. The van der Waals surface area contributed by atoms with Crippen LogP contribution in [0.25, 0.3) is 10.9 Å². The molecule has 4 nitrogen and oxygen atoms in total. The van der Waals surface area contributed by atoms with E-state index in [0.717, 1.165) is 16.5 Å². The number of carbonyl (C=O) groups excluding carboxylic acids is 1. The van der Waals surface area contributed by atoms with Crippen molar-refractivity contribution in [2.45, 2.75) is 19.4 Å². The molecule has 1 aromatic heterocycles. The molecule has 1 aromatic carbocycles. The molecule has 0 aliphatic rings. The van der Waals surface area contributed by atoms with Gasteiger partial charge in [0, 0.05) is 23.5 Å². The monoisotopic (exact) mass is 268 g/mol. The molecule has 0 amide bonds. The number of hydrogen-bond acceptors (Lipinski definition) is 3. The maximum Gasteiger partial charge on any atom is 0.322 e. The normalized spacial score (nSPS) is 11.9. The molecule has 5 heteroatoms. The second-order valence-electron chi connectivity index (χ2n) is 4.20. The summed E-state index contributed by atoms with van der Waals surface area (Å²) in [5, 5.41) is 1.11. The zero-order chi connectivity index (χ0) is 12.4. The summed E-state index contributed by atoms with van der Waals surface area (Å²) in [5.41, 5.74) is 9.06. The molecule has 0 radical (unpaired) electrons. The average Bonchev–Trinajstić information content (AvgIpc) is 2.70. The first-order valence-corrected chi connectivity index (χ1v) is 5.52. The van der Waals surface area contributed by atoms with Crippen LogP contribution >= 0.6 is 12.4 Å². The Hall–Kier alpha value is -1.52. The fourth-order valence-corrected chi connectivity index (χ4v) is 1.94. The number of rotatable bonds is 3. The van der Waals surface area contributed by atoms with Gasteiger partial charge in [-0.05, 0) is 24.1 Å². The van der Waals surface area contributed by atoms with Crippen LogP contribution in [0.4, 0.5) is 0 Å². The van der Waals surface area contributed by atoms with Crippen LogP contribution in [0.3, 0.4) is 0 Å². The van der Waals surface area contributed by atoms with Gasteiger partial charge in [-0.2, -0.15) is 0 Å². The highest BCUT2D eigenvalue weighted by atomic mass is 35.5. The fourth-order valence-electron chi connectivity index (χ4n) is 1.94. The van der Waals surface area contributed by atoms with Crippen molar-refractivity contribution in [1.29, 1.82) is 0 Å². The Labute approximate surface area is 112 Å². The van der Waals surface area contributed by atoms with Crippen LogP contribution in [0, 0.1) is 6.92 Å². The summed E-state index contributed by atoms with van der Waals surface area (Å²) in [5.74, 6) is -0.383. The van der Waals surface area contributed by atoms with Crippen molar-refractivity contribution in [3.05, 3.63) is 35.5 Å². The SMILES string of the molecule is COC(=O)C(N)Cc1c[nH]c2cc(C)ccc12.Cl. The number of halogens is 1. The predicted octanol–water partition coefficient (Wildman–Crippen LogP) is 1.94. The number of aryl methyl sites for hydroxylation is 1. The number of carbonyl (C=O) groups is 1. The van der Waals surface area contributed by atoms with Gasteiger partial charge >= 0.3 is 5.97 Å². The summed E-state index contributed by atoms with van der Waals surface area (Å²) in [6, 6.07) is 5.55. The molecule has 18 heavy (non-hydrogen) atoms. The quantitative estimate of drug-likeness (QED) is 0.836. The van der Waals surface area contributed by atoms with Crippen LogP contribution in [0.5, 0.6) is 0 Å². The third-order valence-electron chi connectivity index (χ3n) is 2.87. The topological polar surface area (TPSA) is 68.1 Å². The van der Waals surface area contributed by atoms with Gasteiger partial charge in [0.1, 0.15) is 6.04 Å². The van der Waals surface area contributed by atoms with Crippen molar-refractivity contribution < 1.29 is 9.53 Å². The van der Waals surface area contributed by atoms with Crippen molar-refractivity contribution in [2.24, 2.45) is 5.73 Å². The molecule has 0 saturated carbocycles. The fraction of sp³-hybridized carbons (Fsp3) is 0.308. The Morgan fingerprint density at radius 1 is 1.50 bits per heavy atom. The molecule has 2 rings (SSSR count). The highest BCUT2D eigenvalue weighted by molar-refractivity contribution is 5.85. The summed E-state index contributed by atoms with van der Waals surface area (Å²) < 4.78 is 4.62. The largest absolute Gasteiger partial charge is 0.468 e. The van der Waals surface area contributed by atoms with Crippen LogP contribution < -0.4 is 5.73 Å². The van der Waals surface area contributed by atoms with E-state index < -0.39 is 6.04 Å². The number of hydrogen-bond donors (Lipinski definition) is 2. The first-order valence-electron chi connectivity index (χ1n) is 5.52. The Bertz CT molecular complexity index is 551. The molecule has 0 spiro atoms. The van der Waals surface area contributed by atoms with Gasteiger partial charge in [0.15, 0.2) is 0 Å². The summed E-state index contributed by atoms with van der Waals surface area (Å²) in [7, 11) is 1.35. The smallest absolute Gasteiger partial charge is 0.322 e. The number of nitrogens with two attached hydrogens (primary N) is 1. The number of fused-ring (bicyclic) bond motifs is 1. The molecule has 3 N–H and O–H groups in total. The number of methoxy groups -OCH3 is 1. The molecule has 1 atom stereocenters. The van der Waals surface area contributed by atoms with E-state index in [0.29, 0.717) is 6.42 Å². The Morgan fingerprint density at radius 3 is 2.89 bits per heavy atom. The number of aromatic amines is 1. The van der Waals surface area contributed by atoms with Crippen molar-refractivity contribution in [2.75, 3.05) is 7.11 Å². The predicted molar refractivity (Wildman–Crippen MR) is 74.0 cm³/mol. The van der Waals surface area contributed by atoms with Crippen LogP contribution in [-0.2, 0) is 16.0 Å². The van der Waals surface area contributed by atoms with E-state index in [1.807, 2.05) is 25.3 Å². The van der Waals surface area contributed by atoms with Crippen LogP contribution in [0.2, 0.25) is 0 Å². The van der Waals surface area contributed by atoms with Gasteiger partial charge in [-0.1, -0.05) is 12.1 Å². The zero-order valence-corrected chi connectivity index (χ0v) is 11.2. The summed E-state index contributed by atoms with van der Waals surface area (Å²) in [6.45, 7) is 2.04. The third-order valence-corrected chi connectivity index (χ3v) is 2.87. The Balaban J connectivity index is 0.00000162. The molecule has 0 fully saturated rings. The van der Waals surface area contributed by atoms with Gasteiger partial charge in [0.2, 0.25) is 0 Å². The number of ether oxygens (including phenoxy) is 1. The van der Waals surface area contributed by atoms with E-state index in [2.05, 4.69) is 15.8 Å². The van der Waals surface area contributed by atoms with Gasteiger partial charge in [-0.15, -0.1) is 12.4 Å². The molecule has 98 valence electrons. The first-order chi connectivity index (χ1) is 8.11. The number of benzene rings is 1. The summed E-state index contributed by atoms with van der Waals surface area (Å²) >= 11 is 0. The Morgan fingerprint density at radius 2 is 2.22 bits per heavy atom. The van der Waals surface area contributed by atoms with Crippen molar-refractivity contribution >= 4 is 29.3 Å². The van der Waals surface area contributed by atoms with Gasteiger partial charge in [0.05, 0.1) is 7.11 Å². The number of nitrogens with one attached hydrogen (secondary N) is 1. The lowest BCUT2D eigenvalue weighted by atomic mass is 10.0. The molecule has 1 unspecified atom stereocenters. The highest BCUT2D eigenvalue weighted by Gasteiger charge is 2.16. The second kappa shape index (κ2) is 5.89. The minimum atomic E-state index is -0.611. The minimum Gasteiger partial charge on any atom is -0.468 e. The Kier molecular flexibility index (Phi) is 4.76. The van der Waals surface area contributed by atoms with E-state index in [4.69, 9.17) is 5.73 Å². The van der Waals surface area contributed by atoms with Crippen molar-refractivity contribution in [3.63, 3.8) is 0 Å². The van der Waals surface area contributed by atoms with Crippen LogP contribution in [0.1, 0.15) is 11.1 Å². The van der Waals surface area contributed by atoms with Gasteiger partial charge in [0.25, 0.3) is 0 Å². The van der Waals surface area contributed by atoms with Crippen molar-refractivity contribution in [3.8, 4) is 0 Å². The number of H-pyrrole nitrogens is 1. The van der Waals surface area contributed by atoms with Crippen LogP contribution in [0.15, 0.2) is 24.4 Å². The second-order valence-corrected chi connectivity index (χ2v) is 4.20. The molecule has 0 saturated heterocycles. The maximum absolute atomic E-state index is 11.3. The van der Waals surface area contributed by atoms with Gasteiger partial charge in [-0.3, -0.25) is 4.79 Å². The number of esters is 1. The molecule has 2 aromatic rings. The van der Waals surface area contributed by atoms with E-state index >= 15 is 0 Å². The third kappa shape index (κ3) is 2.83. The minimum absolute atomic E-state index is 0. The molecular weight excluding hydrogens is 252 g/mol. The lowest BCUT2D eigenvalue weighted by molar-refractivity contribution is -0.142. The standard InChI is InChI=1S/C13H16N2O2.ClH/c1-8-3-4-10-9(7-15-12(10)5-8)6-11(14)13(16)17-2;/h3-5,7,11,15H,6,14H2,1-2H3;1H. The summed E-state index contributed by atoms with van der Waals surface area (Å²) in [4.78, 5) is 14.5. The lowest BCUT2D eigenvalue weighted by Crippen LogP contribution is -2.33. The molecule has 0 aliphatic heterocycles. The average molecular weight is 269 g/mol. The van der Waals surface area contributed by atoms with Gasteiger partial charge < -0.3 is 15.5 Å². The van der Waals surface area contributed by atoms with E-state index in [1.54, 1.807) is 0 Å². The van der Waals surface area contributed by atoms with E-state index in [-0.39, 0.29) is 18.4 Å². The molecule has 0 aliphatic carbocycles. The van der Waals surface area contributed by atoms with E-state index in [9.17, 15) is 4.79 Å². The molecule has 0 bridgehead atoms. The summed E-state index contributed by atoms with van der Waals surface area (Å²) in [6.07, 6.45) is 2.38. The zero-order valence-electron chi connectivity index (χ0n) is 10.4. The number of aromatic nitrogens is 1. The maximum atomic E-state index is 11.3. The van der Waals surface area contributed by atoms with Crippen LogP contribution in [-0.4, -0.2) is 24.1 Å². The highest BCUT2D eigenvalue weighted by Crippen LogP contribution is 2.20. The van der Waals surface area contributed by atoms with E-state index in [1.165, 1.54) is 12.7 Å². The molecule has 1 heterocycles. The molecular formula is C13H17ClN2O2. The van der Waals surface area contributed by atoms with Crippen molar-refractivity contribution in [1.82, 2.24) is 4.98 Å². The van der Waals surface area contributed by atoms with Gasteiger partial charge in [-0.25, -0.2) is 0 Å².